The zero-order valence-electron chi connectivity index (χ0n) is 15.4. The van der Waals surface area contributed by atoms with Crippen LogP contribution < -0.4 is 15.1 Å². The first kappa shape index (κ1) is 18.1. The third-order valence-electron chi connectivity index (χ3n) is 4.72. The molecule has 0 saturated carbocycles. The van der Waals surface area contributed by atoms with Crippen molar-refractivity contribution in [2.45, 2.75) is 18.9 Å². The van der Waals surface area contributed by atoms with Gasteiger partial charge in [-0.2, -0.15) is 0 Å². The molecule has 138 valence electrons. The predicted octanol–water partition coefficient (Wildman–Crippen LogP) is 1.22. The van der Waals surface area contributed by atoms with Gasteiger partial charge in [-0.25, -0.2) is 9.97 Å². The Hall–Kier alpha value is -2.67. The third-order valence-corrected chi connectivity index (χ3v) is 4.72. The Bertz CT molecular complexity index is 795. The fraction of sp³-hybridized carbons (Fsp3) is 0.421. The molecule has 2 heterocycles. The number of amides is 1. The minimum absolute atomic E-state index is 0.160. The molecule has 0 bridgehead atoms. The molecule has 1 aliphatic rings. The van der Waals surface area contributed by atoms with E-state index >= 15 is 0 Å². The Labute approximate surface area is 153 Å². The van der Waals surface area contributed by atoms with Gasteiger partial charge in [0.15, 0.2) is 0 Å². The maximum atomic E-state index is 12.4. The minimum atomic E-state index is -0.971. The lowest BCUT2D eigenvalue weighted by Gasteiger charge is -2.24. The summed E-state index contributed by atoms with van der Waals surface area (Å²) in [5.41, 5.74) is 0.585. The maximum Gasteiger partial charge on any atom is 0.251 e. The fourth-order valence-electron chi connectivity index (χ4n) is 3.12. The lowest BCUT2D eigenvalue weighted by molar-refractivity contribution is 0.0575. The molecular weight excluding hydrogens is 330 g/mol. The van der Waals surface area contributed by atoms with Gasteiger partial charge >= 0.3 is 0 Å². The number of carbonyl (C=O) groups excluding carboxylic acids is 1. The molecule has 0 spiro atoms. The molecule has 7 nitrogen and oxygen atoms in total. The molecule has 1 aliphatic heterocycles. The van der Waals surface area contributed by atoms with Crippen molar-refractivity contribution in [2.24, 2.45) is 0 Å². The number of aromatic nitrogens is 2. The van der Waals surface area contributed by atoms with Crippen molar-refractivity contribution in [3.8, 4) is 0 Å². The molecule has 0 unspecified atom stereocenters. The quantitative estimate of drug-likeness (QED) is 0.839. The van der Waals surface area contributed by atoms with E-state index in [0.717, 1.165) is 17.2 Å². The highest BCUT2D eigenvalue weighted by Crippen LogP contribution is 2.26. The average Bonchev–Trinajstić information content (AvgIpc) is 3.03. The first-order chi connectivity index (χ1) is 12.4. The minimum Gasteiger partial charge on any atom is -0.386 e. The molecule has 1 aromatic heterocycles. The summed E-state index contributed by atoms with van der Waals surface area (Å²) >= 11 is 0. The van der Waals surface area contributed by atoms with E-state index in [2.05, 4.69) is 15.3 Å². The lowest BCUT2D eigenvalue weighted by atomic mass is 10.0. The zero-order chi connectivity index (χ0) is 18.7. The Morgan fingerprint density at radius 1 is 1.35 bits per heavy atom. The van der Waals surface area contributed by atoms with Crippen molar-refractivity contribution in [2.75, 3.05) is 43.5 Å². The van der Waals surface area contributed by atoms with Gasteiger partial charge in [0, 0.05) is 45.4 Å². The molecule has 0 aliphatic carbocycles. The Morgan fingerprint density at radius 2 is 2.12 bits per heavy atom. The van der Waals surface area contributed by atoms with Gasteiger partial charge in [0.25, 0.3) is 5.91 Å². The van der Waals surface area contributed by atoms with Gasteiger partial charge in [-0.1, -0.05) is 18.2 Å². The standard InChI is InChI=1S/C19H25N5O2/c1-14-6-4-5-7-15(14)18(25)20-11-19(26)8-9-24(12-19)17-10-16(23(2)3)21-13-22-17/h4-7,10,13,26H,8-9,11-12H2,1-3H3,(H,20,25)/t19-/m1/s1. The van der Waals surface area contributed by atoms with Crippen molar-refractivity contribution >= 4 is 17.5 Å². The summed E-state index contributed by atoms with van der Waals surface area (Å²) in [6, 6.07) is 9.33. The van der Waals surface area contributed by atoms with Gasteiger partial charge in [0.2, 0.25) is 0 Å². The van der Waals surface area contributed by atoms with E-state index in [4.69, 9.17) is 0 Å². The van der Waals surface area contributed by atoms with Crippen molar-refractivity contribution in [3.05, 3.63) is 47.8 Å². The van der Waals surface area contributed by atoms with E-state index < -0.39 is 5.60 Å². The van der Waals surface area contributed by atoms with Crippen molar-refractivity contribution in [1.29, 1.82) is 0 Å². The molecule has 2 aromatic rings. The Kier molecular flexibility index (Phi) is 5.08. The third kappa shape index (κ3) is 3.94. The molecule has 1 saturated heterocycles. The summed E-state index contributed by atoms with van der Waals surface area (Å²) < 4.78 is 0. The highest BCUT2D eigenvalue weighted by molar-refractivity contribution is 5.95. The summed E-state index contributed by atoms with van der Waals surface area (Å²) in [6.07, 6.45) is 2.10. The Morgan fingerprint density at radius 3 is 2.85 bits per heavy atom. The summed E-state index contributed by atoms with van der Waals surface area (Å²) in [7, 11) is 3.85. The number of aliphatic hydroxyl groups is 1. The fourth-order valence-corrected chi connectivity index (χ4v) is 3.12. The van der Waals surface area contributed by atoms with Crippen LogP contribution in [-0.4, -0.2) is 60.3 Å². The van der Waals surface area contributed by atoms with E-state index in [0.29, 0.717) is 25.1 Å². The highest BCUT2D eigenvalue weighted by atomic mass is 16.3. The number of nitrogens with zero attached hydrogens (tertiary/aromatic N) is 4. The number of carbonyl (C=O) groups is 1. The Balaban J connectivity index is 1.63. The van der Waals surface area contributed by atoms with E-state index in [1.807, 2.05) is 55.1 Å². The number of hydrogen-bond acceptors (Lipinski definition) is 6. The zero-order valence-corrected chi connectivity index (χ0v) is 15.4. The number of benzene rings is 1. The van der Waals surface area contributed by atoms with Crippen LogP contribution in [0.2, 0.25) is 0 Å². The number of β-amino-alcohol motifs (C(OH)–C–C–N with tert-alkyl or cyclic N) is 1. The van der Waals surface area contributed by atoms with Gasteiger partial charge in [0.05, 0.1) is 0 Å². The number of nitrogens with one attached hydrogen (secondary N) is 1. The normalized spacial score (nSPS) is 19.5. The number of anilines is 2. The predicted molar refractivity (Wildman–Crippen MR) is 102 cm³/mol. The molecule has 1 fully saturated rings. The largest absolute Gasteiger partial charge is 0.386 e. The van der Waals surface area contributed by atoms with E-state index in [1.165, 1.54) is 6.33 Å². The molecule has 2 N–H and O–H groups in total. The van der Waals surface area contributed by atoms with Crippen LogP contribution in [0.4, 0.5) is 11.6 Å². The SMILES string of the molecule is Cc1ccccc1C(=O)NC[C@]1(O)CCN(c2cc(N(C)C)ncn2)C1. The average molecular weight is 355 g/mol. The van der Waals surface area contributed by atoms with E-state index in [-0.39, 0.29) is 12.5 Å². The van der Waals surface area contributed by atoms with Crippen LogP contribution in [0, 0.1) is 6.92 Å². The summed E-state index contributed by atoms with van der Waals surface area (Å²) in [5.74, 6) is 1.44. The second kappa shape index (κ2) is 7.29. The van der Waals surface area contributed by atoms with Crippen LogP contribution in [0.5, 0.6) is 0 Å². The molecule has 1 amide bonds. The molecule has 1 atom stereocenters. The van der Waals surface area contributed by atoms with Crippen molar-refractivity contribution < 1.29 is 9.90 Å². The van der Waals surface area contributed by atoms with E-state index in [1.54, 1.807) is 6.07 Å². The second-order valence-electron chi connectivity index (χ2n) is 7.02. The molecule has 0 radical (unpaired) electrons. The van der Waals surface area contributed by atoms with Gasteiger partial charge in [-0.05, 0) is 25.0 Å². The van der Waals surface area contributed by atoms with Crippen LogP contribution in [-0.2, 0) is 0 Å². The van der Waals surface area contributed by atoms with E-state index in [9.17, 15) is 9.90 Å². The monoisotopic (exact) mass is 355 g/mol. The summed E-state index contributed by atoms with van der Waals surface area (Å²) in [4.78, 5) is 24.8. The van der Waals surface area contributed by atoms with Crippen LogP contribution in [0.15, 0.2) is 36.7 Å². The maximum absolute atomic E-state index is 12.4. The van der Waals surface area contributed by atoms with Gasteiger partial charge < -0.3 is 20.2 Å². The van der Waals surface area contributed by atoms with Gasteiger partial charge in [-0.3, -0.25) is 4.79 Å². The van der Waals surface area contributed by atoms with Crippen LogP contribution in [0.1, 0.15) is 22.3 Å². The second-order valence-corrected chi connectivity index (χ2v) is 7.02. The molecule has 26 heavy (non-hydrogen) atoms. The first-order valence-electron chi connectivity index (χ1n) is 8.68. The van der Waals surface area contributed by atoms with Crippen molar-refractivity contribution in [1.82, 2.24) is 15.3 Å². The summed E-state index contributed by atoms with van der Waals surface area (Å²) in [5, 5.41) is 13.7. The van der Waals surface area contributed by atoms with Crippen LogP contribution in [0.25, 0.3) is 0 Å². The van der Waals surface area contributed by atoms with Gasteiger partial charge in [-0.15, -0.1) is 0 Å². The molecule has 7 heteroatoms. The smallest absolute Gasteiger partial charge is 0.251 e. The number of aryl methyl sites for hydroxylation is 1. The topological polar surface area (TPSA) is 81.6 Å². The van der Waals surface area contributed by atoms with Crippen LogP contribution in [0.3, 0.4) is 0 Å². The van der Waals surface area contributed by atoms with Crippen molar-refractivity contribution in [3.63, 3.8) is 0 Å². The number of hydrogen-bond donors (Lipinski definition) is 2. The summed E-state index contributed by atoms with van der Waals surface area (Å²) in [6.45, 7) is 3.21. The lowest BCUT2D eigenvalue weighted by Crippen LogP contribution is -2.45. The number of rotatable bonds is 5. The van der Waals surface area contributed by atoms with Crippen LogP contribution >= 0.6 is 0 Å². The molecule has 1 aromatic carbocycles. The van der Waals surface area contributed by atoms with Gasteiger partial charge in [0.1, 0.15) is 23.6 Å². The highest BCUT2D eigenvalue weighted by Gasteiger charge is 2.37. The first-order valence-corrected chi connectivity index (χ1v) is 8.68. The molecule has 3 rings (SSSR count). The molecular formula is C19H25N5O2.